The Kier molecular flexibility index (Phi) is 11.4. The molecule has 4 rings (SSSR count). The number of hydrogen-bond acceptors (Lipinski definition) is 4. The van der Waals surface area contributed by atoms with Crippen LogP contribution in [0.5, 0.6) is 5.75 Å². The van der Waals surface area contributed by atoms with E-state index in [2.05, 4.69) is 5.32 Å². The van der Waals surface area contributed by atoms with Crippen molar-refractivity contribution in [2.45, 2.75) is 48.9 Å². The third kappa shape index (κ3) is 9.49. The predicted molar refractivity (Wildman–Crippen MR) is 171 cm³/mol. The van der Waals surface area contributed by atoms with Crippen molar-refractivity contribution in [1.82, 2.24) is 5.32 Å². The first-order valence-corrected chi connectivity index (χ1v) is 15.2. The van der Waals surface area contributed by atoms with E-state index in [1.165, 1.54) is 23.9 Å². The molecule has 1 aliphatic rings. The lowest BCUT2D eigenvalue weighted by atomic mass is 9.96. The van der Waals surface area contributed by atoms with Crippen LogP contribution in [0.4, 0.5) is 26.3 Å². The monoisotopic (exact) mass is 677 g/mol. The molecule has 46 heavy (non-hydrogen) atoms. The summed E-state index contributed by atoms with van der Waals surface area (Å²) in [7, 11) is 0. The third-order valence-electron chi connectivity index (χ3n) is 6.91. The minimum Gasteiger partial charge on any atom is -0.482 e. The molecule has 0 saturated heterocycles. The molecule has 0 amide bonds. The van der Waals surface area contributed by atoms with Gasteiger partial charge >= 0.3 is 12.1 Å². The molecule has 0 fully saturated rings. The van der Waals surface area contributed by atoms with Crippen LogP contribution in [0.15, 0.2) is 101 Å². The fraction of sp³-hybridized carbons (Fsp3) is 0.235. The van der Waals surface area contributed by atoms with Crippen molar-refractivity contribution in [2.24, 2.45) is 0 Å². The van der Waals surface area contributed by atoms with Gasteiger partial charge in [0.1, 0.15) is 16.6 Å². The van der Waals surface area contributed by atoms with Crippen LogP contribution in [0.3, 0.4) is 0 Å². The molecule has 0 aromatic heterocycles. The van der Waals surface area contributed by atoms with Gasteiger partial charge in [-0.25, -0.2) is 18.0 Å². The predicted octanol–water partition coefficient (Wildman–Crippen LogP) is 8.98. The molecular formula is C34H29F6NO3S2. The number of thiocarbonyl (C=S) groups is 1. The summed E-state index contributed by atoms with van der Waals surface area (Å²) in [5.74, 6) is -1.82. The summed E-state index contributed by atoms with van der Waals surface area (Å²) in [5.41, 5.74) is 2.68. The number of halogens is 6. The highest BCUT2D eigenvalue weighted by molar-refractivity contribution is 8.00. The van der Waals surface area contributed by atoms with Crippen molar-refractivity contribution in [3.63, 3.8) is 0 Å². The number of carboxylic acids is 1. The smallest absolute Gasteiger partial charge is 0.416 e. The topological polar surface area (TPSA) is 58.6 Å². The minimum absolute atomic E-state index is 0.201. The van der Waals surface area contributed by atoms with Gasteiger partial charge in [-0.3, -0.25) is 0 Å². The van der Waals surface area contributed by atoms with Gasteiger partial charge in [-0.2, -0.15) is 13.2 Å². The average molecular weight is 678 g/mol. The van der Waals surface area contributed by atoms with Crippen LogP contribution < -0.4 is 10.1 Å². The van der Waals surface area contributed by atoms with Gasteiger partial charge in [0, 0.05) is 21.4 Å². The molecule has 1 aliphatic carbocycles. The SMILES string of the molecule is C/C(=C\C(Cc1ccc(C2=CC(F)C(F)C(F)=C2)cc1)Sc1ccc(OCC(=O)O)c(C)c1)NC(=S)c1ccc(C(F)(F)F)cc1. The van der Waals surface area contributed by atoms with Gasteiger partial charge in [0.2, 0.25) is 0 Å². The van der Waals surface area contributed by atoms with Crippen LogP contribution in [0.1, 0.15) is 34.7 Å². The molecule has 3 aromatic rings. The first kappa shape index (κ1) is 34.8. The largest absolute Gasteiger partial charge is 0.482 e. The molecule has 0 aliphatic heterocycles. The van der Waals surface area contributed by atoms with Gasteiger partial charge < -0.3 is 15.2 Å². The fourth-order valence-electron chi connectivity index (χ4n) is 4.62. The van der Waals surface area contributed by atoms with E-state index in [0.29, 0.717) is 29.0 Å². The van der Waals surface area contributed by atoms with E-state index in [9.17, 15) is 31.1 Å². The molecule has 12 heteroatoms. The zero-order valence-corrected chi connectivity index (χ0v) is 26.2. The number of thioether (sulfide) groups is 1. The molecule has 2 N–H and O–H groups in total. The maximum atomic E-state index is 13.9. The lowest BCUT2D eigenvalue weighted by Crippen LogP contribution is -2.21. The molecule has 0 radical (unpaired) electrons. The second kappa shape index (κ2) is 15.0. The number of aryl methyl sites for hydroxylation is 1. The van der Waals surface area contributed by atoms with Crippen LogP contribution in [0.25, 0.3) is 5.57 Å². The van der Waals surface area contributed by atoms with E-state index in [0.717, 1.165) is 40.3 Å². The zero-order valence-electron chi connectivity index (χ0n) is 24.6. The third-order valence-corrected chi connectivity index (χ3v) is 8.37. The number of benzene rings is 3. The standard InChI is InChI=1S/C34H29F6NO3S2/c1-19-13-26(11-12-30(19)44-18-31(42)43)46-27(14-20(2)41-33(45)23-7-9-25(10-8-23)34(38,39)40)15-21-3-5-22(6-4-21)24-16-28(35)32(37)29(36)17-24/h3-14,16-17,27-28,32H,15,18H2,1-2H3,(H,41,45)(H,42,43)/b20-14+. The van der Waals surface area contributed by atoms with Crippen LogP contribution in [-0.2, 0) is 17.4 Å². The van der Waals surface area contributed by atoms with E-state index in [-0.39, 0.29) is 15.8 Å². The van der Waals surface area contributed by atoms with Gasteiger partial charge in [0.25, 0.3) is 0 Å². The molecular weight excluding hydrogens is 649 g/mol. The number of alkyl halides is 5. The van der Waals surface area contributed by atoms with Crippen molar-refractivity contribution < 1.29 is 41.0 Å². The Morgan fingerprint density at radius 1 is 1.09 bits per heavy atom. The van der Waals surface area contributed by atoms with Crippen molar-refractivity contribution in [1.29, 1.82) is 0 Å². The van der Waals surface area contributed by atoms with Gasteiger partial charge in [-0.1, -0.05) is 54.7 Å². The number of rotatable bonds is 11. The summed E-state index contributed by atoms with van der Waals surface area (Å²) in [5, 5.41) is 11.8. The lowest BCUT2D eigenvalue weighted by Gasteiger charge is -2.18. The molecule has 0 bridgehead atoms. The van der Waals surface area contributed by atoms with Crippen molar-refractivity contribution in [3.8, 4) is 5.75 Å². The van der Waals surface area contributed by atoms with Gasteiger partial charge in [0.15, 0.2) is 19.0 Å². The minimum atomic E-state index is -4.46. The summed E-state index contributed by atoms with van der Waals surface area (Å²) in [6, 6.07) is 16.9. The van der Waals surface area contributed by atoms with E-state index in [1.54, 1.807) is 38.1 Å². The van der Waals surface area contributed by atoms with Gasteiger partial charge in [0.05, 0.1) is 5.56 Å². The highest BCUT2D eigenvalue weighted by atomic mass is 32.2. The molecule has 4 nitrogen and oxygen atoms in total. The Morgan fingerprint density at radius 2 is 1.76 bits per heavy atom. The average Bonchev–Trinajstić information content (AvgIpc) is 2.99. The van der Waals surface area contributed by atoms with Crippen molar-refractivity contribution in [2.75, 3.05) is 6.61 Å². The van der Waals surface area contributed by atoms with E-state index >= 15 is 0 Å². The number of nitrogens with one attached hydrogen (secondary N) is 1. The molecule has 0 saturated carbocycles. The first-order chi connectivity index (χ1) is 21.7. The molecule has 3 aromatic carbocycles. The maximum absolute atomic E-state index is 13.9. The summed E-state index contributed by atoms with van der Waals surface area (Å²) in [6.45, 7) is 3.10. The van der Waals surface area contributed by atoms with Gasteiger partial charge in [-0.05, 0) is 85.0 Å². The van der Waals surface area contributed by atoms with Crippen molar-refractivity contribution >= 4 is 40.5 Å². The molecule has 3 unspecified atom stereocenters. The van der Waals surface area contributed by atoms with Crippen LogP contribution in [0.2, 0.25) is 0 Å². The molecule has 3 atom stereocenters. The van der Waals surface area contributed by atoms with Crippen LogP contribution in [0, 0.1) is 6.92 Å². The highest BCUT2D eigenvalue weighted by Gasteiger charge is 2.30. The van der Waals surface area contributed by atoms with E-state index < -0.39 is 42.5 Å². The maximum Gasteiger partial charge on any atom is 0.416 e. The Hall–Kier alpha value is -4.03. The number of ether oxygens (including phenoxy) is 1. The van der Waals surface area contributed by atoms with E-state index in [1.807, 2.05) is 24.3 Å². The number of aliphatic carboxylic acids is 1. The second-order valence-electron chi connectivity index (χ2n) is 10.5. The summed E-state index contributed by atoms with van der Waals surface area (Å²) >= 11 is 6.94. The summed E-state index contributed by atoms with van der Waals surface area (Å²) < 4.78 is 85.5. The highest BCUT2D eigenvalue weighted by Crippen LogP contribution is 2.33. The quantitative estimate of drug-likeness (QED) is 0.120. The summed E-state index contributed by atoms with van der Waals surface area (Å²) in [6.07, 6.45) is -4.39. The number of carboxylic acid groups (broad SMARTS) is 1. The second-order valence-corrected chi connectivity index (χ2v) is 12.3. The lowest BCUT2D eigenvalue weighted by molar-refractivity contribution is -0.139. The van der Waals surface area contributed by atoms with Crippen LogP contribution >= 0.6 is 24.0 Å². The van der Waals surface area contributed by atoms with Crippen LogP contribution in [-0.4, -0.2) is 40.3 Å². The van der Waals surface area contributed by atoms with E-state index in [4.69, 9.17) is 22.1 Å². The Bertz CT molecular complexity index is 1670. The molecule has 0 heterocycles. The summed E-state index contributed by atoms with van der Waals surface area (Å²) in [4.78, 5) is 12.0. The number of carbonyl (C=O) groups is 1. The Balaban J connectivity index is 1.55. The number of allylic oxidation sites excluding steroid dienone is 5. The normalized spacial score (nSPS) is 17.5. The van der Waals surface area contributed by atoms with Gasteiger partial charge in [-0.15, -0.1) is 11.8 Å². The molecule has 242 valence electrons. The molecule has 0 spiro atoms. The first-order valence-electron chi connectivity index (χ1n) is 13.9. The Labute approximate surface area is 271 Å². The Morgan fingerprint density at radius 3 is 2.35 bits per heavy atom. The fourth-order valence-corrected chi connectivity index (χ4v) is 6.20. The van der Waals surface area contributed by atoms with Crippen molar-refractivity contribution in [3.05, 3.63) is 124 Å². The zero-order chi connectivity index (χ0) is 33.6. The number of hydrogen-bond donors (Lipinski definition) is 2.